The average molecular weight is 353 g/mol. The van der Waals surface area contributed by atoms with Gasteiger partial charge < -0.3 is 13.9 Å². The van der Waals surface area contributed by atoms with Gasteiger partial charge in [-0.3, -0.25) is 0 Å². The molecule has 2 atom stereocenters. The Balaban J connectivity index is 1.96. The molecule has 1 heterocycles. The van der Waals surface area contributed by atoms with Crippen LogP contribution in [-0.2, 0) is 13.9 Å². The van der Waals surface area contributed by atoms with E-state index in [1.54, 1.807) is 0 Å². The molecule has 1 saturated heterocycles. The van der Waals surface area contributed by atoms with Gasteiger partial charge in [-0.1, -0.05) is 19.1 Å². The SMILES string of the molecule is C=C(C)C(CCC1(C)OCCO1)CC1(C)C=C(O[Si](C)(C)C)CC1. The monoisotopic (exact) mass is 352 g/mol. The van der Waals surface area contributed by atoms with Gasteiger partial charge in [0.25, 0.3) is 0 Å². The van der Waals surface area contributed by atoms with Gasteiger partial charge in [0.15, 0.2) is 5.79 Å². The van der Waals surface area contributed by atoms with Crippen LogP contribution in [0.4, 0.5) is 0 Å². The maximum Gasteiger partial charge on any atom is 0.241 e. The molecule has 1 aliphatic heterocycles. The van der Waals surface area contributed by atoms with Gasteiger partial charge >= 0.3 is 0 Å². The molecule has 2 aliphatic rings. The molecule has 1 fully saturated rings. The zero-order valence-electron chi connectivity index (χ0n) is 16.5. The molecule has 0 N–H and O–H groups in total. The summed E-state index contributed by atoms with van der Waals surface area (Å²) < 4.78 is 17.7. The fourth-order valence-electron chi connectivity index (χ4n) is 3.80. The second-order valence-corrected chi connectivity index (χ2v) is 13.5. The van der Waals surface area contributed by atoms with Gasteiger partial charge in [0.1, 0.15) is 0 Å². The smallest absolute Gasteiger partial charge is 0.241 e. The first-order valence-electron chi connectivity index (χ1n) is 9.34. The van der Waals surface area contributed by atoms with E-state index in [9.17, 15) is 0 Å². The third kappa shape index (κ3) is 5.75. The third-order valence-electron chi connectivity index (χ3n) is 5.14. The van der Waals surface area contributed by atoms with Gasteiger partial charge in [-0.15, -0.1) is 0 Å². The fourth-order valence-corrected chi connectivity index (χ4v) is 4.75. The zero-order valence-corrected chi connectivity index (χ0v) is 17.5. The van der Waals surface area contributed by atoms with Crippen molar-refractivity contribution < 1.29 is 13.9 Å². The molecule has 4 heteroatoms. The van der Waals surface area contributed by atoms with Crippen LogP contribution >= 0.6 is 0 Å². The predicted molar refractivity (Wildman–Crippen MR) is 102 cm³/mol. The van der Waals surface area contributed by atoms with Crippen molar-refractivity contribution in [1.29, 1.82) is 0 Å². The molecular weight excluding hydrogens is 316 g/mol. The van der Waals surface area contributed by atoms with Gasteiger partial charge in [-0.2, -0.15) is 0 Å². The standard InChI is InChI=1S/C20H36O3Si/c1-16(2)17(8-11-20(4)21-12-13-22-20)14-19(3)10-9-18(15-19)23-24(5,6)7/h15,17H,1,8-14H2,2-7H3. The summed E-state index contributed by atoms with van der Waals surface area (Å²) in [5.74, 6) is 1.32. The van der Waals surface area contributed by atoms with Gasteiger partial charge in [0, 0.05) is 12.8 Å². The molecule has 24 heavy (non-hydrogen) atoms. The fraction of sp³-hybridized carbons (Fsp3) is 0.800. The lowest BCUT2D eigenvalue weighted by Gasteiger charge is -2.30. The number of allylic oxidation sites excluding steroid dienone is 3. The minimum Gasteiger partial charge on any atom is -0.548 e. The molecule has 3 nitrogen and oxygen atoms in total. The van der Waals surface area contributed by atoms with Crippen LogP contribution in [-0.4, -0.2) is 27.3 Å². The molecule has 0 bridgehead atoms. The first-order chi connectivity index (χ1) is 11.0. The van der Waals surface area contributed by atoms with Crippen LogP contribution in [0, 0.1) is 11.3 Å². The highest BCUT2D eigenvalue weighted by Gasteiger charge is 2.36. The summed E-state index contributed by atoms with van der Waals surface area (Å²) in [6.45, 7) is 19.0. The topological polar surface area (TPSA) is 27.7 Å². The summed E-state index contributed by atoms with van der Waals surface area (Å²) in [5.41, 5.74) is 1.49. The van der Waals surface area contributed by atoms with E-state index in [4.69, 9.17) is 13.9 Å². The van der Waals surface area contributed by atoms with Crippen molar-refractivity contribution in [2.75, 3.05) is 13.2 Å². The minimum absolute atomic E-state index is 0.219. The van der Waals surface area contributed by atoms with Crippen molar-refractivity contribution in [1.82, 2.24) is 0 Å². The molecule has 2 unspecified atom stereocenters. The number of rotatable bonds is 8. The molecule has 1 aliphatic carbocycles. The van der Waals surface area contributed by atoms with E-state index in [0.29, 0.717) is 19.1 Å². The van der Waals surface area contributed by atoms with E-state index in [0.717, 1.165) is 25.7 Å². The van der Waals surface area contributed by atoms with Crippen LogP contribution in [0.3, 0.4) is 0 Å². The van der Waals surface area contributed by atoms with Gasteiger partial charge in [0.2, 0.25) is 8.32 Å². The molecule has 0 spiro atoms. The quantitative estimate of drug-likeness (QED) is 0.417. The first-order valence-corrected chi connectivity index (χ1v) is 12.8. The lowest BCUT2D eigenvalue weighted by atomic mass is 9.76. The van der Waals surface area contributed by atoms with E-state index in [1.165, 1.54) is 17.8 Å². The van der Waals surface area contributed by atoms with Crippen LogP contribution in [0.5, 0.6) is 0 Å². The van der Waals surface area contributed by atoms with Gasteiger partial charge in [-0.25, -0.2) is 0 Å². The Morgan fingerprint density at radius 3 is 2.46 bits per heavy atom. The van der Waals surface area contributed by atoms with Crippen molar-refractivity contribution in [3.63, 3.8) is 0 Å². The molecule has 0 aromatic heterocycles. The van der Waals surface area contributed by atoms with Gasteiger partial charge in [0.05, 0.1) is 19.0 Å². The largest absolute Gasteiger partial charge is 0.548 e. The number of ether oxygens (including phenoxy) is 2. The molecule has 0 radical (unpaired) electrons. The van der Waals surface area contributed by atoms with Crippen molar-refractivity contribution in [3.8, 4) is 0 Å². The van der Waals surface area contributed by atoms with E-state index < -0.39 is 14.1 Å². The summed E-state index contributed by atoms with van der Waals surface area (Å²) in [6.07, 6.45) is 7.79. The highest BCUT2D eigenvalue weighted by molar-refractivity contribution is 6.70. The molecule has 0 saturated carbocycles. The van der Waals surface area contributed by atoms with Crippen molar-refractivity contribution in [2.24, 2.45) is 11.3 Å². The molecule has 2 rings (SSSR count). The first kappa shape index (κ1) is 19.7. The van der Waals surface area contributed by atoms with E-state index in [1.807, 2.05) is 0 Å². The van der Waals surface area contributed by atoms with E-state index in [-0.39, 0.29) is 5.41 Å². The van der Waals surface area contributed by atoms with Crippen LogP contribution in [0.15, 0.2) is 24.0 Å². The normalized spacial score (nSPS) is 27.8. The molecule has 138 valence electrons. The van der Waals surface area contributed by atoms with Crippen LogP contribution in [0.2, 0.25) is 19.6 Å². The van der Waals surface area contributed by atoms with Crippen LogP contribution in [0.25, 0.3) is 0 Å². The predicted octanol–water partition coefficient (Wildman–Crippen LogP) is 5.65. The highest BCUT2D eigenvalue weighted by Crippen LogP contribution is 2.44. The van der Waals surface area contributed by atoms with Crippen molar-refractivity contribution >= 4 is 8.32 Å². The lowest BCUT2D eigenvalue weighted by molar-refractivity contribution is -0.149. The van der Waals surface area contributed by atoms with Crippen molar-refractivity contribution in [2.45, 2.75) is 78.3 Å². The second kappa shape index (κ2) is 7.34. The Morgan fingerprint density at radius 1 is 1.29 bits per heavy atom. The summed E-state index contributed by atoms with van der Waals surface area (Å²) in [4.78, 5) is 0. The number of hydrogen-bond donors (Lipinski definition) is 0. The molecule has 0 amide bonds. The Bertz CT molecular complexity index is 486. The summed E-state index contributed by atoms with van der Waals surface area (Å²) in [5, 5.41) is 0. The van der Waals surface area contributed by atoms with Crippen molar-refractivity contribution in [3.05, 3.63) is 24.0 Å². The summed E-state index contributed by atoms with van der Waals surface area (Å²) >= 11 is 0. The highest BCUT2D eigenvalue weighted by atomic mass is 28.4. The van der Waals surface area contributed by atoms with E-state index >= 15 is 0 Å². The molecule has 0 aromatic carbocycles. The average Bonchev–Trinajstić information content (AvgIpc) is 3.00. The summed E-state index contributed by atoms with van der Waals surface area (Å²) in [6, 6.07) is 0. The Hall–Kier alpha value is -0.583. The van der Waals surface area contributed by atoms with Gasteiger partial charge in [-0.05, 0) is 70.2 Å². The number of hydrogen-bond acceptors (Lipinski definition) is 3. The van der Waals surface area contributed by atoms with Crippen LogP contribution in [0.1, 0.15) is 52.9 Å². The summed E-state index contributed by atoms with van der Waals surface area (Å²) in [7, 11) is -1.51. The molecule has 0 aromatic rings. The maximum absolute atomic E-state index is 6.23. The lowest BCUT2D eigenvalue weighted by Crippen LogP contribution is -2.27. The maximum atomic E-state index is 6.23. The Kier molecular flexibility index (Phi) is 6.04. The second-order valence-electron chi connectivity index (χ2n) is 9.10. The minimum atomic E-state index is -1.51. The van der Waals surface area contributed by atoms with E-state index in [2.05, 4.69) is 53.1 Å². The molecular formula is C20H36O3Si. The Morgan fingerprint density at radius 2 is 1.92 bits per heavy atom. The third-order valence-corrected chi connectivity index (χ3v) is 6.02. The zero-order chi connectivity index (χ0) is 18.0. The van der Waals surface area contributed by atoms with Crippen LogP contribution < -0.4 is 0 Å². The Labute approximate surface area is 149 Å².